The number of rotatable bonds is 8. The van der Waals surface area contributed by atoms with Gasteiger partial charge in [0, 0.05) is 27.6 Å². The van der Waals surface area contributed by atoms with Crippen LogP contribution in [-0.2, 0) is 14.4 Å². The lowest BCUT2D eigenvalue weighted by Gasteiger charge is -2.28. The number of ether oxygens (including phenoxy) is 1. The summed E-state index contributed by atoms with van der Waals surface area (Å²) in [7, 11) is 1.54. The molecule has 1 aromatic carbocycles. The van der Waals surface area contributed by atoms with Crippen LogP contribution >= 0.6 is 43.5 Å². The van der Waals surface area contributed by atoms with Gasteiger partial charge in [-0.3, -0.25) is 19.3 Å². The van der Waals surface area contributed by atoms with E-state index in [0.29, 0.717) is 42.3 Å². The number of benzene rings is 1. The van der Waals surface area contributed by atoms with Gasteiger partial charge in [0.1, 0.15) is 5.75 Å². The number of methoxy groups -OCH3 is 1. The van der Waals surface area contributed by atoms with E-state index in [0.717, 1.165) is 12.8 Å². The van der Waals surface area contributed by atoms with E-state index in [2.05, 4.69) is 37.2 Å². The zero-order valence-electron chi connectivity index (χ0n) is 17.2. The van der Waals surface area contributed by atoms with E-state index >= 15 is 0 Å². The summed E-state index contributed by atoms with van der Waals surface area (Å²) >= 11 is 13.4. The van der Waals surface area contributed by atoms with Crippen molar-refractivity contribution in [3.05, 3.63) is 23.2 Å². The summed E-state index contributed by atoms with van der Waals surface area (Å²) in [5.41, 5.74) is 0.546. The van der Waals surface area contributed by atoms with Crippen LogP contribution < -0.4 is 10.1 Å². The third-order valence-corrected chi connectivity index (χ3v) is 10.2. The monoisotopic (exact) mass is 574 g/mol. The fourth-order valence-corrected chi connectivity index (χ4v) is 7.40. The number of alkyl halides is 2. The second-order valence-corrected chi connectivity index (χ2v) is 11.1. The summed E-state index contributed by atoms with van der Waals surface area (Å²) < 4.78 is 5.24. The zero-order valence-corrected chi connectivity index (χ0v) is 21.1. The first-order chi connectivity index (χ1) is 14.8. The van der Waals surface area contributed by atoms with E-state index in [1.807, 2.05) is 0 Å². The zero-order chi connectivity index (χ0) is 22.3. The lowest BCUT2D eigenvalue weighted by atomic mass is 9.81. The van der Waals surface area contributed by atoms with Crippen LogP contribution in [-0.4, -0.2) is 45.9 Å². The van der Waals surface area contributed by atoms with Gasteiger partial charge in [-0.25, -0.2) is 0 Å². The van der Waals surface area contributed by atoms with Crippen LogP contribution in [0.15, 0.2) is 18.2 Å². The summed E-state index contributed by atoms with van der Waals surface area (Å²) in [6, 6.07) is 5.06. The Hall–Kier alpha value is -1.12. The van der Waals surface area contributed by atoms with E-state index in [1.54, 1.807) is 18.2 Å². The number of amides is 3. The van der Waals surface area contributed by atoms with Crippen LogP contribution in [0.1, 0.15) is 32.1 Å². The second-order valence-electron chi connectivity index (χ2n) is 8.54. The van der Waals surface area contributed by atoms with E-state index in [-0.39, 0.29) is 51.0 Å². The fraction of sp³-hybridized carbons (Fsp3) is 0.591. The lowest BCUT2D eigenvalue weighted by molar-refractivity contribution is -0.140. The molecule has 2 saturated carbocycles. The predicted molar refractivity (Wildman–Crippen MR) is 126 cm³/mol. The molecule has 1 saturated heterocycles. The van der Waals surface area contributed by atoms with Crippen molar-refractivity contribution in [3.63, 3.8) is 0 Å². The Kier molecular flexibility index (Phi) is 6.99. The molecular formula is C22H25Br2ClN2O4. The molecule has 2 bridgehead atoms. The third kappa shape index (κ3) is 4.27. The number of nitrogens with zero attached hydrogens (tertiary/aromatic N) is 1. The predicted octanol–water partition coefficient (Wildman–Crippen LogP) is 4.63. The Morgan fingerprint density at radius 2 is 1.77 bits per heavy atom. The number of nitrogens with one attached hydrogen (secondary N) is 1. The maximum Gasteiger partial charge on any atom is 0.233 e. The number of carbonyl (C=O) groups is 3. The highest BCUT2D eigenvalue weighted by molar-refractivity contribution is 9.12. The first kappa shape index (κ1) is 23.1. The molecule has 1 heterocycles. The van der Waals surface area contributed by atoms with E-state index < -0.39 is 0 Å². The first-order valence-corrected chi connectivity index (χ1v) is 12.8. The Bertz CT molecular complexity index is 866. The average molecular weight is 577 g/mol. The molecule has 168 valence electrons. The number of unbranched alkanes of at least 4 members (excludes halogenated alkanes) is 2. The number of likely N-dealkylation sites (tertiary alicyclic amines) is 1. The normalized spacial score (nSPS) is 31.3. The number of hydrogen-bond donors (Lipinski definition) is 1. The van der Waals surface area contributed by atoms with E-state index in [4.69, 9.17) is 16.3 Å². The standard InChI is InChI=1S/C22H25Br2ClN2O4/c1-31-15-7-6-11(25)9-14(15)26-16(28)5-3-2-4-8-27-21(29)17-12-10-13(18(17)22(27)30)20(24)19(12)23/h6-7,9,12-13,17-20H,2-5,8,10H2,1H3,(H,26,28)/t12-,13+,17+,18-,19-,20-/m1/s1. The van der Waals surface area contributed by atoms with Crippen LogP contribution in [0.5, 0.6) is 5.75 Å². The van der Waals surface area contributed by atoms with E-state index in [9.17, 15) is 14.4 Å². The van der Waals surface area contributed by atoms with Gasteiger partial charge in [0.25, 0.3) is 0 Å². The molecule has 4 rings (SSSR count). The average Bonchev–Trinajstić information content (AvgIpc) is 3.34. The molecule has 2 aliphatic carbocycles. The smallest absolute Gasteiger partial charge is 0.233 e. The number of carbonyl (C=O) groups excluding carboxylic acids is 3. The van der Waals surface area contributed by atoms with Crippen molar-refractivity contribution in [2.24, 2.45) is 23.7 Å². The Balaban J connectivity index is 1.22. The molecular weight excluding hydrogens is 552 g/mol. The van der Waals surface area contributed by atoms with Gasteiger partial charge in [0.05, 0.1) is 24.6 Å². The van der Waals surface area contributed by atoms with Gasteiger partial charge in [-0.1, -0.05) is 49.9 Å². The van der Waals surface area contributed by atoms with Crippen molar-refractivity contribution >= 4 is 66.9 Å². The van der Waals surface area contributed by atoms with Gasteiger partial charge in [-0.2, -0.15) is 0 Å². The summed E-state index contributed by atoms with van der Waals surface area (Å²) in [5.74, 6) is 0.602. The van der Waals surface area contributed by atoms with Gasteiger partial charge < -0.3 is 10.1 Å². The topological polar surface area (TPSA) is 75.7 Å². The Labute approximate surface area is 203 Å². The van der Waals surface area contributed by atoms with Crippen LogP contribution in [0.3, 0.4) is 0 Å². The van der Waals surface area contributed by atoms with Crippen molar-refractivity contribution in [2.75, 3.05) is 19.0 Å². The Morgan fingerprint density at radius 1 is 1.13 bits per heavy atom. The summed E-state index contributed by atoms with van der Waals surface area (Å²) in [6.45, 7) is 0.438. The largest absolute Gasteiger partial charge is 0.495 e. The highest BCUT2D eigenvalue weighted by Gasteiger charge is 2.66. The highest BCUT2D eigenvalue weighted by Crippen LogP contribution is 2.60. The third-order valence-electron chi connectivity index (χ3n) is 6.80. The molecule has 0 unspecified atom stereocenters. The fourth-order valence-electron chi connectivity index (χ4n) is 5.35. The lowest BCUT2D eigenvalue weighted by Crippen LogP contribution is -2.37. The minimum absolute atomic E-state index is 0.00264. The quantitative estimate of drug-likeness (QED) is 0.278. The molecule has 9 heteroatoms. The number of hydrogen-bond acceptors (Lipinski definition) is 4. The van der Waals surface area contributed by atoms with E-state index in [1.165, 1.54) is 12.0 Å². The number of halogens is 3. The molecule has 0 radical (unpaired) electrons. The number of anilines is 1. The molecule has 1 aliphatic heterocycles. The molecule has 31 heavy (non-hydrogen) atoms. The first-order valence-electron chi connectivity index (χ1n) is 10.6. The van der Waals surface area contributed by atoms with Crippen molar-refractivity contribution in [1.29, 1.82) is 0 Å². The summed E-state index contributed by atoms with van der Waals surface area (Å²) in [5, 5.41) is 3.34. The summed E-state index contributed by atoms with van der Waals surface area (Å²) in [4.78, 5) is 40.0. The minimum Gasteiger partial charge on any atom is -0.495 e. The van der Waals surface area contributed by atoms with Gasteiger partial charge in [-0.05, 0) is 49.3 Å². The molecule has 3 fully saturated rings. The van der Waals surface area contributed by atoms with Crippen molar-refractivity contribution in [3.8, 4) is 5.75 Å². The molecule has 1 N–H and O–H groups in total. The van der Waals surface area contributed by atoms with Crippen LogP contribution in [0, 0.1) is 23.7 Å². The Morgan fingerprint density at radius 3 is 2.39 bits per heavy atom. The molecule has 6 atom stereocenters. The van der Waals surface area contributed by atoms with Crippen LogP contribution in [0.25, 0.3) is 0 Å². The van der Waals surface area contributed by atoms with Crippen LogP contribution in [0.4, 0.5) is 5.69 Å². The van der Waals surface area contributed by atoms with Gasteiger partial charge >= 0.3 is 0 Å². The van der Waals surface area contributed by atoms with Crippen molar-refractivity contribution < 1.29 is 19.1 Å². The number of fused-ring (bicyclic) bond motifs is 5. The van der Waals surface area contributed by atoms with Crippen molar-refractivity contribution in [2.45, 2.75) is 41.8 Å². The van der Waals surface area contributed by atoms with Crippen molar-refractivity contribution in [1.82, 2.24) is 4.90 Å². The summed E-state index contributed by atoms with van der Waals surface area (Å²) in [6.07, 6.45) is 3.44. The van der Waals surface area contributed by atoms with Gasteiger partial charge in [0.2, 0.25) is 17.7 Å². The minimum atomic E-state index is -0.158. The molecule has 3 aliphatic rings. The second kappa shape index (κ2) is 9.40. The number of imide groups is 1. The van der Waals surface area contributed by atoms with Gasteiger partial charge in [-0.15, -0.1) is 0 Å². The molecule has 3 amide bonds. The maximum absolute atomic E-state index is 12.9. The highest BCUT2D eigenvalue weighted by atomic mass is 79.9. The van der Waals surface area contributed by atoms with Gasteiger partial charge in [0.15, 0.2) is 0 Å². The maximum atomic E-state index is 12.9. The molecule has 1 aromatic rings. The SMILES string of the molecule is COc1ccc(Cl)cc1NC(=O)CCCCCN1C(=O)[C@@H]2[C@@H]3C[C@@H]([C@@H](Br)[C@@H]3Br)[C@@H]2C1=O. The van der Waals surface area contributed by atoms with Crippen LogP contribution in [0.2, 0.25) is 5.02 Å². The molecule has 6 nitrogen and oxygen atoms in total. The molecule has 0 aromatic heterocycles. The molecule has 0 spiro atoms.